The molecule has 0 bridgehead atoms. The maximum absolute atomic E-state index is 4.92. The Balaban J connectivity index is 1.80. The fourth-order valence-corrected chi connectivity index (χ4v) is 3.38. The Kier molecular flexibility index (Phi) is 1.85. The van der Waals surface area contributed by atoms with Crippen LogP contribution in [0.5, 0.6) is 0 Å². The zero-order valence-corrected chi connectivity index (χ0v) is 10.9. The van der Waals surface area contributed by atoms with Crippen molar-refractivity contribution in [3.63, 3.8) is 0 Å². The smallest absolute Gasteiger partial charge is 0.0700 e. The summed E-state index contributed by atoms with van der Waals surface area (Å²) in [6, 6.07) is 2.25. The van der Waals surface area contributed by atoms with Crippen molar-refractivity contribution in [1.29, 1.82) is 0 Å². The van der Waals surface area contributed by atoms with Crippen molar-refractivity contribution in [3.8, 4) is 22.5 Å². The second kappa shape index (κ2) is 3.56. The van der Waals surface area contributed by atoms with Crippen LogP contribution >= 0.6 is 0 Å². The van der Waals surface area contributed by atoms with Crippen LogP contribution in [-0.4, -0.2) is 25.4 Å². The summed E-state index contributed by atoms with van der Waals surface area (Å²) in [5.74, 6) is 0. The average molecular weight is 263 g/mol. The van der Waals surface area contributed by atoms with Gasteiger partial charge in [0.2, 0.25) is 0 Å². The van der Waals surface area contributed by atoms with Crippen LogP contribution in [0.4, 0.5) is 0 Å². The molecule has 2 aliphatic carbocycles. The topological polar surface area (TPSA) is 70.2 Å². The molecule has 2 aliphatic rings. The van der Waals surface area contributed by atoms with Crippen LogP contribution < -0.4 is 0 Å². The van der Waals surface area contributed by atoms with Gasteiger partial charge in [0.1, 0.15) is 0 Å². The molecule has 98 valence electrons. The Hall–Kier alpha value is -2.43. The summed E-state index contributed by atoms with van der Waals surface area (Å²) >= 11 is 0. The fourth-order valence-electron chi connectivity index (χ4n) is 3.38. The van der Waals surface area contributed by atoms with Crippen LogP contribution in [0.25, 0.3) is 22.5 Å². The van der Waals surface area contributed by atoms with E-state index in [0.29, 0.717) is 0 Å². The molecule has 0 saturated carbocycles. The minimum absolute atomic E-state index is 1.00. The van der Waals surface area contributed by atoms with Gasteiger partial charge in [-0.1, -0.05) is 0 Å². The number of aromatic amines is 2. The van der Waals surface area contributed by atoms with E-state index in [1.54, 1.807) is 0 Å². The summed E-state index contributed by atoms with van der Waals surface area (Å²) in [5.41, 5.74) is 9.64. The summed E-state index contributed by atoms with van der Waals surface area (Å²) in [6.07, 6.45) is 7.93. The molecular weight excluding hydrogens is 250 g/mol. The molecule has 0 radical (unpaired) electrons. The van der Waals surface area contributed by atoms with Gasteiger partial charge in [0, 0.05) is 11.1 Å². The molecule has 5 rings (SSSR count). The molecule has 0 aromatic carbocycles. The van der Waals surface area contributed by atoms with Crippen molar-refractivity contribution in [2.45, 2.75) is 25.7 Å². The van der Waals surface area contributed by atoms with Gasteiger partial charge in [-0.2, -0.15) is 10.2 Å². The number of hydrogen-bond donors (Lipinski definition) is 2. The van der Waals surface area contributed by atoms with Crippen LogP contribution in [0.15, 0.2) is 18.5 Å². The second-order valence-electron chi connectivity index (χ2n) is 5.52. The maximum atomic E-state index is 4.92. The van der Waals surface area contributed by atoms with E-state index in [4.69, 9.17) is 4.98 Å². The third-order valence-electron chi connectivity index (χ3n) is 4.42. The van der Waals surface area contributed by atoms with Crippen LogP contribution in [-0.2, 0) is 25.7 Å². The summed E-state index contributed by atoms with van der Waals surface area (Å²) < 4.78 is 0. The lowest BCUT2D eigenvalue weighted by Gasteiger charge is -2.21. The predicted octanol–water partition coefficient (Wildman–Crippen LogP) is 2.06. The SMILES string of the molecule is c1n[nH]c2c1CCc1nc3c(cc1-2)-c1[nH]ncc1CC3. The summed E-state index contributed by atoms with van der Waals surface area (Å²) in [4.78, 5) is 4.92. The van der Waals surface area contributed by atoms with Crippen LogP contribution in [0.2, 0.25) is 0 Å². The minimum atomic E-state index is 1.00. The molecule has 5 nitrogen and oxygen atoms in total. The van der Waals surface area contributed by atoms with Crippen molar-refractivity contribution in [3.05, 3.63) is 41.0 Å². The number of nitrogens with one attached hydrogen (secondary N) is 2. The normalized spacial score (nSPS) is 15.2. The van der Waals surface area contributed by atoms with Gasteiger partial charge in [0.25, 0.3) is 0 Å². The van der Waals surface area contributed by atoms with Gasteiger partial charge in [-0.3, -0.25) is 15.2 Å². The van der Waals surface area contributed by atoms with Crippen molar-refractivity contribution < 1.29 is 0 Å². The third-order valence-corrected chi connectivity index (χ3v) is 4.42. The first-order valence-corrected chi connectivity index (χ1v) is 6.98. The van der Waals surface area contributed by atoms with E-state index in [1.807, 2.05) is 12.4 Å². The predicted molar refractivity (Wildman–Crippen MR) is 74.2 cm³/mol. The maximum Gasteiger partial charge on any atom is 0.0700 e. The first-order valence-electron chi connectivity index (χ1n) is 6.98. The second-order valence-corrected chi connectivity index (χ2v) is 5.52. The number of hydrogen-bond acceptors (Lipinski definition) is 3. The first-order chi connectivity index (χ1) is 9.90. The Morgan fingerprint density at radius 3 is 1.85 bits per heavy atom. The number of aromatic nitrogens is 5. The molecule has 0 spiro atoms. The van der Waals surface area contributed by atoms with Gasteiger partial charge in [-0.05, 0) is 42.9 Å². The average Bonchev–Trinajstić information content (AvgIpc) is 3.13. The quantitative estimate of drug-likeness (QED) is 0.652. The zero-order valence-electron chi connectivity index (χ0n) is 10.9. The lowest BCUT2D eigenvalue weighted by molar-refractivity contribution is 0.838. The number of H-pyrrole nitrogens is 2. The van der Waals surface area contributed by atoms with Crippen molar-refractivity contribution in [2.75, 3.05) is 0 Å². The molecule has 0 saturated heterocycles. The lowest BCUT2D eigenvalue weighted by Crippen LogP contribution is -2.11. The highest BCUT2D eigenvalue weighted by atomic mass is 15.1. The zero-order chi connectivity index (χ0) is 13.1. The van der Waals surface area contributed by atoms with E-state index >= 15 is 0 Å². The third kappa shape index (κ3) is 1.24. The molecule has 3 aromatic rings. The van der Waals surface area contributed by atoms with E-state index in [0.717, 1.165) is 37.1 Å². The van der Waals surface area contributed by atoms with Crippen molar-refractivity contribution >= 4 is 0 Å². The highest BCUT2D eigenvalue weighted by Gasteiger charge is 2.25. The monoisotopic (exact) mass is 263 g/mol. The molecule has 20 heavy (non-hydrogen) atoms. The fraction of sp³-hybridized carbons (Fsp3) is 0.267. The van der Waals surface area contributed by atoms with Gasteiger partial charge in [0.15, 0.2) is 0 Å². The van der Waals surface area contributed by atoms with Crippen LogP contribution in [0, 0.1) is 0 Å². The molecule has 0 aliphatic heterocycles. The summed E-state index contributed by atoms with van der Waals surface area (Å²) in [6.45, 7) is 0. The van der Waals surface area contributed by atoms with Crippen molar-refractivity contribution in [2.24, 2.45) is 0 Å². The van der Waals surface area contributed by atoms with Gasteiger partial charge in [-0.25, -0.2) is 0 Å². The highest BCUT2D eigenvalue weighted by Crippen LogP contribution is 2.37. The summed E-state index contributed by atoms with van der Waals surface area (Å²) in [7, 11) is 0. The van der Waals surface area contributed by atoms with E-state index in [-0.39, 0.29) is 0 Å². The molecule has 3 heterocycles. The van der Waals surface area contributed by atoms with Gasteiger partial charge in [-0.15, -0.1) is 0 Å². The standard InChI is InChI=1S/C15H13N5/c1-3-12-10(14-8(1)6-16-19-14)5-11-13(18-12)4-2-9-7-17-20-15(9)11/h5-7H,1-4H2,(H,16,19)(H,17,20). The molecule has 3 aromatic heterocycles. The molecule has 0 amide bonds. The number of rotatable bonds is 0. The van der Waals surface area contributed by atoms with E-state index in [9.17, 15) is 0 Å². The molecular formula is C15H13N5. The van der Waals surface area contributed by atoms with Gasteiger partial charge >= 0.3 is 0 Å². The van der Waals surface area contributed by atoms with Crippen molar-refractivity contribution in [1.82, 2.24) is 25.4 Å². The first kappa shape index (κ1) is 10.4. The van der Waals surface area contributed by atoms with Gasteiger partial charge < -0.3 is 0 Å². The molecule has 2 N–H and O–H groups in total. The Labute approximate surface area is 115 Å². The van der Waals surface area contributed by atoms with E-state index in [2.05, 4.69) is 26.5 Å². The lowest BCUT2D eigenvalue weighted by atomic mass is 9.88. The Bertz CT molecular complexity index is 761. The molecule has 0 unspecified atom stereocenters. The largest absolute Gasteiger partial charge is 0.277 e. The van der Waals surface area contributed by atoms with E-state index < -0.39 is 0 Å². The van der Waals surface area contributed by atoms with Crippen LogP contribution in [0.1, 0.15) is 22.5 Å². The number of pyridine rings is 1. The molecule has 0 fully saturated rings. The summed E-state index contributed by atoms with van der Waals surface area (Å²) in [5, 5.41) is 14.6. The number of nitrogens with zero attached hydrogens (tertiary/aromatic N) is 3. The number of aryl methyl sites for hydroxylation is 4. The Morgan fingerprint density at radius 1 is 0.750 bits per heavy atom. The van der Waals surface area contributed by atoms with Gasteiger partial charge in [0.05, 0.1) is 35.2 Å². The minimum Gasteiger partial charge on any atom is -0.277 e. The highest BCUT2D eigenvalue weighted by molar-refractivity contribution is 5.77. The van der Waals surface area contributed by atoms with E-state index in [1.165, 1.54) is 33.6 Å². The Morgan fingerprint density at radius 2 is 1.30 bits per heavy atom. The molecule has 0 atom stereocenters. The van der Waals surface area contributed by atoms with Crippen LogP contribution in [0.3, 0.4) is 0 Å². The number of fused-ring (bicyclic) bond motifs is 6. The molecule has 5 heteroatoms.